The van der Waals surface area contributed by atoms with Crippen LogP contribution in [-0.4, -0.2) is 14.9 Å². The van der Waals surface area contributed by atoms with Gasteiger partial charge < -0.3 is 14.9 Å². The fourth-order valence-electron chi connectivity index (χ4n) is 1.60. The summed E-state index contributed by atoms with van der Waals surface area (Å²) < 4.78 is 11.2. The van der Waals surface area contributed by atoms with Crippen LogP contribution in [0.5, 0.6) is 5.75 Å². The van der Waals surface area contributed by atoms with Gasteiger partial charge in [0.2, 0.25) is 0 Å². The van der Waals surface area contributed by atoms with Gasteiger partial charge in [0.15, 0.2) is 0 Å². The van der Waals surface area contributed by atoms with E-state index in [0.717, 1.165) is 11.1 Å². The molecule has 0 radical (unpaired) electrons. The predicted octanol–water partition coefficient (Wildman–Crippen LogP) is 3.58. The van der Waals surface area contributed by atoms with E-state index in [4.69, 9.17) is 9.79 Å². The van der Waals surface area contributed by atoms with Crippen molar-refractivity contribution in [2.45, 2.75) is 47.2 Å². The molecule has 0 spiro atoms. The molecule has 1 aromatic carbocycles. The Hall–Kier alpha value is -0.830. The van der Waals surface area contributed by atoms with Crippen LogP contribution in [0.1, 0.15) is 48.7 Å². The lowest BCUT2D eigenvalue weighted by Gasteiger charge is -2.18. The first-order valence-corrected chi connectivity index (χ1v) is 7.69. The molecule has 0 aliphatic rings. The van der Waals surface area contributed by atoms with Crippen LogP contribution in [0.4, 0.5) is 0 Å². The molecular formula is C13H23O4P. The van der Waals surface area contributed by atoms with E-state index in [1.165, 1.54) is 6.92 Å². The molecule has 0 amide bonds. The summed E-state index contributed by atoms with van der Waals surface area (Å²) in [6.45, 7) is 10.9. The van der Waals surface area contributed by atoms with Gasteiger partial charge in [0, 0.05) is 5.56 Å². The molecule has 0 fully saturated rings. The molecule has 0 aromatic heterocycles. The van der Waals surface area contributed by atoms with Crippen molar-refractivity contribution in [1.29, 1.82) is 0 Å². The van der Waals surface area contributed by atoms with Crippen molar-refractivity contribution in [2.24, 2.45) is 0 Å². The van der Waals surface area contributed by atoms with Crippen LogP contribution >= 0.6 is 7.60 Å². The molecular weight excluding hydrogens is 251 g/mol. The predicted molar refractivity (Wildman–Crippen MR) is 74.1 cm³/mol. The van der Waals surface area contributed by atoms with Gasteiger partial charge in [-0.2, -0.15) is 0 Å². The maximum atomic E-state index is 11.2. The van der Waals surface area contributed by atoms with Crippen molar-refractivity contribution in [2.75, 3.05) is 0 Å². The number of rotatable bonds is 2. The fraction of sp³-hybridized carbons (Fsp3) is 0.538. The fourth-order valence-corrected chi connectivity index (χ4v) is 2.16. The zero-order valence-electron chi connectivity index (χ0n) is 11.9. The van der Waals surface area contributed by atoms with Gasteiger partial charge >= 0.3 is 7.60 Å². The molecule has 4 nitrogen and oxygen atoms in total. The number of phenols is 1. The van der Waals surface area contributed by atoms with Gasteiger partial charge in [-0.05, 0) is 44.4 Å². The molecule has 1 aromatic rings. The van der Waals surface area contributed by atoms with Crippen LogP contribution in [-0.2, 0) is 4.57 Å². The van der Waals surface area contributed by atoms with Gasteiger partial charge in [-0.1, -0.05) is 19.9 Å². The number of phenolic OH excluding ortho intramolecular Hbond substituents is 1. The molecule has 5 heteroatoms. The normalized spacial score (nSPS) is 12.7. The maximum absolute atomic E-state index is 11.2. The first kappa shape index (κ1) is 17.2. The highest BCUT2D eigenvalue weighted by Crippen LogP contribution is 2.54. The van der Waals surface area contributed by atoms with Crippen LogP contribution in [0.25, 0.3) is 0 Å². The molecule has 0 aliphatic carbocycles. The van der Waals surface area contributed by atoms with E-state index in [-0.39, 0.29) is 5.75 Å². The third kappa shape index (κ3) is 3.58. The second kappa shape index (κ2) is 6.37. The third-order valence-corrected chi connectivity index (χ3v) is 4.40. The Morgan fingerprint density at radius 2 is 1.56 bits per heavy atom. The highest BCUT2D eigenvalue weighted by Gasteiger charge is 2.29. The number of aromatic hydroxyl groups is 1. The second-order valence-electron chi connectivity index (χ2n) is 4.15. The number of hydrogen-bond acceptors (Lipinski definition) is 2. The summed E-state index contributed by atoms with van der Waals surface area (Å²) in [5, 5.41) is 9.89. The maximum Gasteiger partial charge on any atom is 0.332 e. The highest BCUT2D eigenvalue weighted by atomic mass is 31.2. The molecule has 3 N–H and O–H groups in total. The molecule has 0 saturated heterocycles. The zero-order valence-corrected chi connectivity index (χ0v) is 12.7. The standard InChI is InChI=1S/C11H17O4P.C2H6/c1-6-5-10(9(4)16(13,14)15)11(12)8(3)7(6)2;1-2/h5,9,12H,1-4H3,(H2,13,14,15);1-2H3. The smallest absolute Gasteiger partial charge is 0.332 e. The van der Waals surface area contributed by atoms with Gasteiger partial charge in [-0.25, -0.2) is 0 Å². The van der Waals surface area contributed by atoms with Crippen molar-refractivity contribution in [1.82, 2.24) is 0 Å². The summed E-state index contributed by atoms with van der Waals surface area (Å²) in [5.41, 5.74) is 1.87. The lowest BCUT2D eigenvalue weighted by atomic mass is 9.98. The van der Waals surface area contributed by atoms with Crippen LogP contribution in [0, 0.1) is 20.8 Å². The van der Waals surface area contributed by atoms with Crippen LogP contribution in [0.2, 0.25) is 0 Å². The van der Waals surface area contributed by atoms with Crippen LogP contribution in [0.3, 0.4) is 0 Å². The lowest BCUT2D eigenvalue weighted by molar-refractivity contribution is 0.359. The summed E-state index contributed by atoms with van der Waals surface area (Å²) in [6, 6.07) is 1.64. The highest BCUT2D eigenvalue weighted by molar-refractivity contribution is 7.52. The minimum atomic E-state index is -4.22. The van der Waals surface area contributed by atoms with Crippen molar-refractivity contribution >= 4 is 7.60 Å². The molecule has 0 saturated carbocycles. The monoisotopic (exact) mass is 274 g/mol. The molecule has 104 valence electrons. The Kier molecular flexibility index (Phi) is 6.08. The SMILES string of the molecule is CC.Cc1cc(C(C)P(=O)(O)O)c(O)c(C)c1C. The summed E-state index contributed by atoms with van der Waals surface area (Å²) in [6.07, 6.45) is 0. The molecule has 1 atom stereocenters. The second-order valence-corrected chi connectivity index (χ2v) is 6.10. The summed E-state index contributed by atoms with van der Waals surface area (Å²) in [7, 11) is -4.22. The van der Waals surface area contributed by atoms with Gasteiger partial charge in [-0.15, -0.1) is 0 Å². The van der Waals surface area contributed by atoms with Crippen molar-refractivity contribution in [3.63, 3.8) is 0 Å². The lowest BCUT2D eigenvalue weighted by Crippen LogP contribution is -1.99. The van der Waals surface area contributed by atoms with E-state index in [1.54, 1.807) is 13.0 Å². The van der Waals surface area contributed by atoms with E-state index in [9.17, 15) is 9.67 Å². The van der Waals surface area contributed by atoms with Gasteiger partial charge in [0.25, 0.3) is 0 Å². The minimum absolute atomic E-state index is 0.0149. The van der Waals surface area contributed by atoms with Gasteiger partial charge in [0.05, 0.1) is 5.66 Å². The number of benzene rings is 1. The topological polar surface area (TPSA) is 77.8 Å². The Bertz CT molecular complexity index is 463. The van der Waals surface area contributed by atoms with E-state index < -0.39 is 13.3 Å². The molecule has 0 heterocycles. The number of hydrogen-bond donors (Lipinski definition) is 3. The Morgan fingerprint density at radius 3 is 1.94 bits per heavy atom. The first-order valence-electron chi connectivity index (χ1n) is 6.01. The van der Waals surface area contributed by atoms with E-state index >= 15 is 0 Å². The van der Waals surface area contributed by atoms with E-state index in [2.05, 4.69) is 0 Å². The van der Waals surface area contributed by atoms with E-state index in [0.29, 0.717) is 11.1 Å². The van der Waals surface area contributed by atoms with Crippen LogP contribution < -0.4 is 0 Å². The molecule has 0 bridgehead atoms. The van der Waals surface area contributed by atoms with Crippen molar-refractivity contribution in [3.05, 3.63) is 28.3 Å². The third-order valence-electron chi connectivity index (χ3n) is 3.11. The largest absolute Gasteiger partial charge is 0.507 e. The van der Waals surface area contributed by atoms with Gasteiger partial charge in [-0.3, -0.25) is 4.57 Å². The van der Waals surface area contributed by atoms with Crippen molar-refractivity contribution < 1.29 is 19.5 Å². The molecule has 18 heavy (non-hydrogen) atoms. The zero-order chi connectivity index (χ0) is 14.7. The summed E-state index contributed by atoms with van der Waals surface area (Å²) in [5.74, 6) is -0.0149. The number of aryl methyl sites for hydroxylation is 1. The molecule has 1 unspecified atom stereocenters. The average molecular weight is 274 g/mol. The summed E-state index contributed by atoms with van der Waals surface area (Å²) in [4.78, 5) is 18.2. The van der Waals surface area contributed by atoms with E-state index in [1.807, 2.05) is 27.7 Å². The quantitative estimate of drug-likeness (QED) is 0.720. The average Bonchev–Trinajstić information content (AvgIpc) is 2.31. The van der Waals surface area contributed by atoms with Gasteiger partial charge in [0.1, 0.15) is 5.75 Å². The molecule has 0 aliphatic heterocycles. The Labute approximate surface area is 109 Å². The van der Waals surface area contributed by atoms with Crippen LogP contribution in [0.15, 0.2) is 6.07 Å². The minimum Gasteiger partial charge on any atom is -0.507 e. The Morgan fingerprint density at radius 1 is 1.11 bits per heavy atom. The first-order chi connectivity index (χ1) is 8.16. The summed E-state index contributed by atoms with van der Waals surface area (Å²) >= 11 is 0. The Balaban J connectivity index is 0.00000137. The molecule has 1 rings (SSSR count). The van der Waals surface area contributed by atoms with Crippen molar-refractivity contribution in [3.8, 4) is 5.75 Å².